The van der Waals surface area contributed by atoms with Crippen molar-refractivity contribution in [3.05, 3.63) is 76.7 Å². The summed E-state index contributed by atoms with van der Waals surface area (Å²) in [5, 5.41) is 6.47. The van der Waals surface area contributed by atoms with E-state index in [0.717, 1.165) is 78.0 Å². The largest absolute Gasteiger partial charge is 0.381 e. The minimum atomic E-state index is -0.0744. The Kier molecular flexibility index (Phi) is 7.90. The highest BCUT2D eigenvalue weighted by Crippen LogP contribution is 2.36. The molecule has 8 nitrogen and oxygen atoms in total. The molecule has 1 aromatic carbocycles. The molecule has 0 aliphatic carbocycles. The highest BCUT2D eigenvalue weighted by Gasteiger charge is 2.28. The SMILES string of the molecule is CCN(C)Cc1nc(Nc2ccc(-c3cnc4cc(C)ccn34)c3c2C(=O)NC3)ccc1C1CCOC1.CF. The molecule has 2 N–H and O–H groups in total. The van der Waals surface area contributed by atoms with Gasteiger partial charge in [0.15, 0.2) is 0 Å². The van der Waals surface area contributed by atoms with E-state index in [0.29, 0.717) is 25.2 Å². The maximum atomic E-state index is 13.0. The summed E-state index contributed by atoms with van der Waals surface area (Å²) in [7, 11) is 2.61. The van der Waals surface area contributed by atoms with Gasteiger partial charge in [0.25, 0.3) is 5.91 Å². The number of fused-ring (bicyclic) bond motifs is 2. The van der Waals surface area contributed by atoms with Crippen molar-refractivity contribution in [1.82, 2.24) is 24.6 Å². The number of carbonyl (C=O) groups is 1. The molecule has 0 bridgehead atoms. The van der Waals surface area contributed by atoms with Crippen molar-refractivity contribution in [3.8, 4) is 11.3 Å². The lowest BCUT2D eigenvalue weighted by molar-refractivity contribution is 0.0966. The standard InChI is InChI=1S/C29H32N6O2.CH3F/c1-4-34(3)16-24-20(19-10-12-37-17-19)6-8-26(33-24)32-23-7-5-21(22-14-31-29(36)28(22)23)25-15-30-27-13-18(2)9-11-35(25)27;1-2/h5-9,11,13,15,19H,4,10,12,14,16-17H2,1-3H3,(H,31,36)(H,32,33);1H3. The summed E-state index contributed by atoms with van der Waals surface area (Å²) in [6, 6.07) is 12.4. The van der Waals surface area contributed by atoms with E-state index in [1.54, 1.807) is 0 Å². The molecule has 2 aliphatic heterocycles. The van der Waals surface area contributed by atoms with Gasteiger partial charge in [-0.25, -0.2) is 9.97 Å². The minimum absolute atomic E-state index is 0.0744. The molecular weight excluding hydrogens is 495 g/mol. The molecule has 0 spiro atoms. The molecule has 6 rings (SSSR count). The second kappa shape index (κ2) is 11.5. The smallest absolute Gasteiger partial charge is 0.254 e. The van der Waals surface area contributed by atoms with E-state index in [2.05, 4.69) is 70.1 Å². The van der Waals surface area contributed by atoms with Crippen LogP contribution in [-0.4, -0.2) is 59.2 Å². The van der Waals surface area contributed by atoms with Gasteiger partial charge < -0.3 is 20.3 Å². The van der Waals surface area contributed by atoms with Gasteiger partial charge in [0.05, 0.1) is 42.6 Å². The van der Waals surface area contributed by atoms with Crippen LogP contribution in [-0.2, 0) is 17.8 Å². The summed E-state index contributed by atoms with van der Waals surface area (Å²) >= 11 is 0. The number of imidazole rings is 1. The predicted molar refractivity (Wildman–Crippen MR) is 151 cm³/mol. The van der Waals surface area contributed by atoms with Gasteiger partial charge in [-0.05, 0) is 67.9 Å². The zero-order valence-electron chi connectivity index (χ0n) is 22.9. The van der Waals surface area contributed by atoms with Crippen LogP contribution in [0.2, 0.25) is 0 Å². The van der Waals surface area contributed by atoms with Gasteiger partial charge in [0, 0.05) is 37.4 Å². The fraction of sp³-hybridized carbons (Fsp3) is 0.367. The number of rotatable bonds is 7. The van der Waals surface area contributed by atoms with Gasteiger partial charge in [-0.1, -0.05) is 19.1 Å². The third kappa shape index (κ3) is 5.24. The number of hydrogen-bond acceptors (Lipinski definition) is 6. The highest BCUT2D eigenvalue weighted by atomic mass is 19.1. The monoisotopic (exact) mass is 530 g/mol. The summed E-state index contributed by atoms with van der Waals surface area (Å²) in [5.74, 6) is 1.04. The first-order valence-corrected chi connectivity index (χ1v) is 13.3. The Morgan fingerprint density at radius 3 is 2.85 bits per heavy atom. The molecule has 0 saturated carbocycles. The number of benzene rings is 1. The van der Waals surface area contributed by atoms with Crippen LogP contribution in [0.1, 0.15) is 52.0 Å². The molecule has 204 valence electrons. The molecule has 4 aromatic rings. The van der Waals surface area contributed by atoms with Gasteiger partial charge >= 0.3 is 0 Å². The number of alkyl halides is 1. The highest BCUT2D eigenvalue weighted by molar-refractivity contribution is 6.06. The molecule has 39 heavy (non-hydrogen) atoms. The molecule has 1 amide bonds. The van der Waals surface area contributed by atoms with Crippen LogP contribution >= 0.6 is 0 Å². The van der Waals surface area contributed by atoms with Crippen LogP contribution in [0.15, 0.2) is 48.8 Å². The lowest BCUT2D eigenvalue weighted by Crippen LogP contribution is -2.20. The Morgan fingerprint density at radius 2 is 2.08 bits per heavy atom. The van der Waals surface area contributed by atoms with Gasteiger partial charge in [0.1, 0.15) is 11.5 Å². The van der Waals surface area contributed by atoms with E-state index >= 15 is 0 Å². The van der Waals surface area contributed by atoms with E-state index in [9.17, 15) is 9.18 Å². The van der Waals surface area contributed by atoms with E-state index in [1.165, 1.54) is 5.56 Å². The molecule has 3 aromatic heterocycles. The number of hydrogen-bond donors (Lipinski definition) is 2. The van der Waals surface area contributed by atoms with E-state index in [1.807, 2.05) is 24.5 Å². The van der Waals surface area contributed by atoms with Crippen LogP contribution in [0, 0.1) is 6.92 Å². The maximum Gasteiger partial charge on any atom is 0.254 e. The molecule has 1 saturated heterocycles. The normalized spacial score (nSPS) is 16.3. The zero-order chi connectivity index (χ0) is 27.5. The zero-order valence-corrected chi connectivity index (χ0v) is 22.9. The number of ether oxygens (including phenoxy) is 1. The number of aromatic nitrogens is 3. The first kappa shape index (κ1) is 26.8. The minimum Gasteiger partial charge on any atom is -0.381 e. The van der Waals surface area contributed by atoms with Crippen molar-refractivity contribution in [2.24, 2.45) is 0 Å². The van der Waals surface area contributed by atoms with Crippen molar-refractivity contribution in [2.75, 3.05) is 39.3 Å². The van der Waals surface area contributed by atoms with Crippen LogP contribution in [0.3, 0.4) is 0 Å². The first-order valence-electron chi connectivity index (χ1n) is 13.3. The number of amides is 1. The number of anilines is 2. The van der Waals surface area contributed by atoms with Crippen LogP contribution in [0.5, 0.6) is 0 Å². The van der Waals surface area contributed by atoms with Crippen LogP contribution < -0.4 is 10.6 Å². The van der Waals surface area contributed by atoms with Gasteiger partial charge in [-0.2, -0.15) is 0 Å². The Morgan fingerprint density at radius 1 is 1.23 bits per heavy atom. The Bertz CT molecular complexity index is 1490. The molecule has 1 atom stereocenters. The molecular formula is C30H35FN6O2. The van der Waals surface area contributed by atoms with Crippen molar-refractivity contribution < 1.29 is 13.9 Å². The Hall–Kier alpha value is -3.82. The fourth-order valence-electron chi connectivity index (χ4n) is 5.34. The molecule has 1 unspecified atom stereocenters. The molecule has 0 radical (unpaired) electrons. The van der Waals surface area contributed by atoms with E-state index < -0.39 is 0 Å². The number of pyridine rings is 2. The van der Waals surface area contributed by atoms with Crippen molar-refractivity contribution in [2.45, 2.75) is 39.3 Å². The molecule has 1 fully saturated rings. The fourth-order valence-corrected chi connectivity index (χ4v) is 5.34. The maximum absolute atomic E-state index is 13.0. The van der Waals surface area contributed by atoms with E-state index in [4.69, 9.17) is 9.72 Å². The number of halogens is 1. The van der Waals surface area contributed by atoms with Gasteiger partial charge in [0.2, 0.25) is 0 Å². The summed E-state index contributed by atoms with van der Waals surface area (Å²) in [5.41, 5.74) is 8.75. The molecule has 5 heterocycles. The predicted octanol–water partition coefficient (Wildman–Crippen LogP) is 5.23. The number of carbonyl (C=O) groups excluding carboxylic acids is 1. The number of aryl methyl sites for hydroxylation is 1. The van der Waals surface area contributed by atoms with Crippen molar-refractivity contribution >= 4 is 23.1 Å². The van der Waals surface area contributed by atoms with Gasteiger partial charge in [-0.15, -0.1) is 0 Å². The lowest BCUT2D eigenvalue weighted by atomic mass is 9.96. The number of nitrogens with one attached hydrogen (secondary N) is 2. The van der Waals surface area contributed by atoms with Crippen molar-refractivity contribution in [1.29, 1.82) is 0 Å². The first-order chi connectivity index (χ1) is 19.0. The van der Waals surface area contributed by atoms with Crippen LogP contribution in [0.25, 0.3) is 16.9 Å². The topological polar surface area (TPSA) is 83.8 Å². The van der Waals surface area contributed by atoms with Gasteiger partial charge in [-0.3, -0.25) is 13.6 Å². The lowest BCUT2D eigenvalue weighted by Gasteiger charge is -2.20. The Balaban J connectivity index is 0.00000151. The summed E-state index contributed by atoms with van der Waals surface area (Å²) < 4.78 is 17.2. The Labute approximate surface area is 228 Å². The second-order valence-corrected chi connectivity index (χ2v) is 10.0. The quantitative estimate of drug-likeness (QED) is 0.340. The third-order valence-electron chi connectivity index (χ3n) is 7.51. The second-order valence-electron chi connectivity index (χ2n) is 10.0. The molecule has 9 heteroatoms. The van der Waals surface area contributed by atoms with Crippen LogP contribution in [0.4, 0.5) is 15.9 Å². The summed E-state index contributed by atoms with van der Waals surface area (Å²) in [6.07, 6.45) is 4.94. The number of nitrogens with zero attached hydrogens (tertiary/aromatic N) is 4. The third-order valence-corrected chi connectivity index (χ3v) is 7.51. The summed E-state index contributed by atoms with van der Waals surface area (Å²) in [4.78, 5) is 24.8. The summed E-state index contributed by atoms with van der Waals surface area (Å²) in [6.45, 7) is 7.94. The average molecular weight is 531 g/mol. The van der Waals surface area contributed by atoms with E-state index in [-0.39, 0.29) is 5.91 Å². The van der Waals surface area contributed by atoms with Crippen molar-refractivity contribution in [3.63, 3.8) is 0 Å². The average Bonchev–Trinajstić information content (AvgIpc) is 3.71. The molecule has 2 aliphatic rings.